The summed E-state index contributed by atoms with van der Waals surface area (Å²) in [7, 11) is 0. The van der Waals surface area contributed by atoms with E-state index < -0.39 is 23.4 Å². The van der Waals surface area contributed by atoms with E-state index >= 15 is 0 Å². The van der Waals surface area contributed by atoms with Crippen LogP contribution in [0.3, 0.4) is 0 Å². The maximum atomic E-state index is 14.8. The van der Waals surface area contributed by atoms with Gasteiger partial charge in [0.1, 0.15) is 0 Å². The summed E-state index contributed by atoms with van der Waals surface area (Å²) in [6, 6.07) is 16.1. The first-order chi connectivity index (χ1) is 16.6. The highest BCUT2D eigenvalue weighted by Crippen LogP contribution is 2.65. The summed E-state index contributed by atoms with van der Waals surface area (Å²) >= 11 is 1.57. The Morgan fingerprint density at radius 1 is 0.971 bits per heavy atom. The molecule has 4 bridgehead atoms. The molecular formula is C29H27N3OS. The number of Topliss-reactive ketones (excluding diaryl/α,β-unsaturated/α-hetero) is 1. The monoisotopic (exact) mass is 465 g/mol. The molecule has 170 valence electrons. The molecule has 4 nitrogen and oxygen atoms in total. The minimum absolute atomic E-state index is 0.286. The van der Waals surface area contributed by atoms with Crippen LogP contribution in [0, 0.1) is 51.2 Å². The number of hydrogen-bond acceptors (Lipinski definition) is 5. The number of rotatable bonds is 3. The zero-order valence-electron chi connectivity index (χ0n) is 19.1. The molecule has 1 saturated heterocycles. The minimum atomic E-state index is -1.33. The molecule has 0 N–H and O–H groups in total. The number of carbonyl (C=O) groups excluding carboxylic acids is 1. The van der Waals surface area contributed by atoms with Crippen molar-refractivity contribution in [2.75, 3.05) is 0 Å². The standard InChI is InChI=1S/C29H27N3OS/c30-16-29(17-31)24(23-6-3-9-34-23)25(32-8-7-21-4-1-2-5-22(21)26(29)32)27(33)28-13-18-10-19(14-28)12-20(11-18)15-28/h1-9,18-20,24-26H,10-15H2/t18?,19?,20?,24-,25+,26?,28?/m0/s1. The van der Waals surface area contributed by atoms with E-state index in [-0.39, 0.29) is 5.41 Å². The Morgan fingerprint density at radius 2 is 1.65 bits per heavy atom. The number of hydrogen-bond donors (Lipinski definition) is 0. The quantitative estimate of drug-likeness (QED) is 0.552. The number of ketones is 1. The minimum Gasteiger partial charge on any atom is -0.357 e. The lowest BCUT2D eigenvalue weighted by Gasteiger charge is -2.57. The second kappa shape index (κ2) is 7.06. The number of benzene rings is 1. The van der Waals surface area contributed by atoms with Gasteiger partial charge in [0.2, 0.25) is 0 Å². The Hall–Kier alpha value is -2.89. The molecule has 0 amide bonds. The predicted octanol–water partition coefficient (Wildman–Crippen LogP) is 6.06. The van der Waals surface area contributed by atoms with Gasteiger partial charge in [-0.05, 0) is 84.9 Å². The fourth-order valence-electron chi connectivity index (χ4n) is 8.80. The molecule has 6 aliphatic rings. The van der Waals surface area contributed by atoms with Crippen molar-refractivity contribution in [2.45, 2.75) is 56.5 Å². The topological polar surface area (TPSA) is 67.9 Å². The van der Waals surface area contributed by atoms with Gasteiger partial charge in [-0.15, -0.1) is 11.3 Å². The Balaban J connectivity index is 1.42. The lowest BCUT2D eigenvalue weighted by molar-refractivity contribution is -0.148. The highest BCUT2D eigenvalue weighted by molar-refractivity contribution is 7.10. The average Bonchev–Trinajstić information content (AvgIpc) is 3.47. The Kier molecular flexibility index (Phi) is 4.25. The van der Waals surface area contributed by atoms with Crippen LogP contribution in [0.4, 0.5) is 0 Å². The SMILES string of the molecule is N#CC1(C#N)C2c3ccccc3C=CN2[C@@H](C(=O)C23CC4CC(CC(C4)C2)C3)[C@@H]1c1cccs1. The molecule has 34 heavy (non-hydrogen) atoms. The van der Waals surface area contributed by atoms with Crippen molar-refractivity contribution in [3.63, 3.8) is 0 Å². The Labute approximate surface area is 204 Å². The van der Waals surface area contributed by atoms with Gasteiger partial charge in [0.05, 0.1) is 30.1 Å². The summed E-state index contributed by atoms with van der Waals surface area (Å²) in [5.74, 6) is 1.85. The fourth-order valence-corrected chi connectivity index (χ4v) is 9.73. The van der Waals surface area contributed by atoms with Gasteiger partial charge in [0.25, 0.3) is 0 Å². The summed E-state index contributed by atoms with van der Waals surface area (Å²) < 4.78 is 0. The van der Waals surface area contributed by atoms with Crippen molar-refractivity contribution < 1.29 is 4.79 Å². The van der Waals surface area contributed by atoms with Gasteiger partial charge in [0.15, 0.2) is 11.2 Å². The van der Waals surface area contributed by atoms with E-state index in [2.05, 4.69) is 23.1 Å². The van der Waals surface area contributed by atoms with Crippen LogP contribution in [0.1, 0.15) is 66.5 Å². The zero-order chi connectivity index (χ0) is 23.1. The summed E-state index contributed by atoms with van der Waals surface area (Å²) in [4.78, 5) is 17.9. The third-order valence-electron chi connectivity index (χ3n) is 9.62. The molecule has 5 heteroatoms. The second-order valence-corrected chi connectivity index (χ2v) is 12.4. The van der Waals surface area contributed by atoms with E-state index in [0.29, 0.717) is 23.5 Å². The van der Waals surface area contributed by atoms with Crippen LogP contribution in [-0.4, -0.2) is 16.7 Å². The highest BCUT2D eigenvalue weighted by atomic mass is 32.1. The van der Waals surface area contributed by atoms with Crippen molar-refractivity contribution in [3.8, 4) is 12.1 Å². The van der Waals surface area contributed by atoms with Gasteiger partial charge in [-0.3, -0.25) is 4.79 Å². The maximum absolute atomic E-state index is 14.8. The van der Waals surface area contributed by atoms with Gasteiger partial charge >= 0.3 is 0 Å². The molecule has 4 aliphatic carbocycles. The normalized spacial score (nSPS) is 38.1. The first-order valence-corrected chi connectivity index (χ1v) is 13.4. The van der Waals surface area contributed by atoms with Gasteiger partial charge in [-0.25, -0.2) is 0 Å². The van der Waals surface area contributed by atoms with Crippen molar-refractivity contribution in [3.05, 3.63) is 64.0 Å². The van der Waals surface area contributed by atoms with Crippen molar-refractivity contribution >= 4 is 23.2 Å². The van der Waals surface area contributed by atoms with Crippen LogP contribution < -0.4 is 0 Å². The molecule has 5 fully saturated rings. The van der Waals surface area contributed by atoms with E-state index in [9.17, 15) is 15.3 Å². The third-order valence-corrected chi connectivity index (χ3v) is 10.6. The molecule has 1 aromatic carbocycles. The lowest BCUT2D eigenvalue weighted by Crippen LogP contribution is -2.55. The summed E-state index contributed by atoms with van der Waals surface area (Å²) in [6.07, 6.45) is 10.9. The van der Waals surface area contributed by atoms with Gasteiger partial charge in [-0.1, -0.05) is 30.3 Å². The molecule has 0 radical (unpaired) electrons. The second-order valence-electron chi connectivity index (χ2n) is 11.4. The van der Waals surface area contributed by atoms with Crippen LogP contribution in [-0.2, 0) is 4.79 Å². The molecule has 1 unspecified atom stereocenters. The smallest absolute Gasteiger partial charge is 0.178 e. The number of nitrogens with zero attached hydrogens (tertiary/aromatic N) is 3. The van der Waals surface area contributed by atoms with Gasteiger partial charge in [0, 0.05) is 16.5 Å². The fraction of sp³-hybridized carbons (Fsp3) is 0.483. The molecule has 0 spiro atoms. The Bertz CT molecular complexity index is 1230. The molecule has 3 heterocycles. The van der Waals surface area contributed by atoms with E-state index in [1.165, 1.54) is 19.3 Å². The van der Waals surface area contributed by atoms with E-state index in [1.807, 2.05) is 48.0 Å². The largest absolute Gasteiger partial charge is 0.357 e. The van der Waals surface area contributed by atoms with Crippen molar-refractivity contribution in [2.24, 2.45) is 28.6 Å². The van der Waals surface area contributed by atoms with E-state index in [1.54, 1.807) is 11.3 Å². The zero-order valence-corrected chi connectivity index (χ0v) is 19.9. The van der Waals surface area contributed by atoms with Crippen LogP contribution >= 0.6 is 11.3 Å². The number of thiophene rings is 1. The predicted molar refractivity (Wildman–Crippen MR) is 130 cm³/mol. The maximum Gasteiger partial charge on any atom is 0.178 e. The first kappa shape index (κ1) is 20.5. The van der Waals surface area contributed by atoms with Crippen LogP contribution in [0.15, 0.2) is 48.0 Å². The summed E-state index contributed by atoms with van der Waals surface area (Å²) in [5, 5.41) is 23.3. The van der Waals surface area contributed by atoms with Crippen LogP contribution in [0.5, 0.6) is 0 Å². The first-order valence-electron chi connectivity index (χ1n) is 12.5. The number of nitriles is 2. The van der Waals surface area contributed by atoms with Crippen LogP contribution in [0.25, 0.3) is 6.08 Å². The third kappa shape index (κ3) is 2.54. The summed E-state index contributed by atoms with van der Waals surface area (Å²) in [6.45, 7) is 0. The highest BCUT2D eigenvalue weighted by Gasteiger charge is 2.67. The molecule has 2 aliphatic heterocycles. The lowest BCUT2D eigenvalue weighted by atomic mass is 9.47. The number of fused-ring (bicyclic) bond motifs is 3. The van der Waals surface area contributed by atoms with E-state index in [4.69, 9.17) is 0 Å². The van der Waals surface area contributed by atoms with Gasteiger partial charge in [-0.2, -0.15) is 10.5 Å². The van der Waals surface area contributed by atoms with E-state index in [0.717, 1.165) is 35.3 Å². The molecular weight excluding hydrogens is 438 g/mol. The van der Waals surface area contributed by atoms with Crippen molar-refractivity contribution in [1.82, 2.24) is 4.90 Å². The molecule has 1 aromatic heterocycles. The summed E-state index contributed by atoms with van der Waals surface area (Å²) in [5.41, 5.74) is 0.404. The van der Waals surface area contributed by atoms with Crippen molar-refractivity contribution in [1.29, 1.82) is 10.5 Å². The van der Waals surface area contributed by atoms with Crippen LogP contribution in [0.2, 0.25) is 0 Å². The molecule has 8 rings (SSSR count). The Morgan fingerprint density at radius 3 is 2.26 bits per heavy atom. The van der Waals surface area contributed by atoms with Gasteiger partial charge < -0.3 is 4.90 Å². The molecule has 4 saturated carbocycles. The molecule has 2 aromatic rings. The number of carbonyl (C=O) groups is 1. The average molecular weight is 466 g/mol. The molecule has 3 atom stereocenters.